The smallest absolute Gasteiger partial charge is 0.229 e. The van der Waals surface area contributed by atoms with Gasteiger partial charge in [-0.2, -0.15) is 4.98 Å². The molecule has 21 heavy (non-hydrogen) atoms. The van der Waals surface area contributed by atoms with Gasteiger partial charge in [-0.3, -0.25) is 0 Å². The molecule has 0 amide bonds. The van der Waals surface area contributed by atoms with Gasteiger partial charge in [0.25, 0.3) is 0 Å². The Balaban J connectivity index is 1.83. The normalized spacial score (nSPS) is 25.7. The molecule has 2 unspecified atom stereocenters. The van der Waals surface area contributed by atoms with Crippen molar-refractivity contribution in [2.45, 2.75) is 90.0 Å². The van der Waals surface area contributed by atoms with Crippen LogP contribution in [0.1, 0.15) is 95.7 Å². The molecular formula is C17H31N3O. The maximum Gasteiger partial charge on any atom is 0.229 e. The molecule has 0 aromatic carbocycles. The SMILES string of the molecule is CCC1CCC(c2noc(C(C)CCCC(C)N)n2)CC1. The van der Waals surface area contributed by atoms with Crippen LogP contribution in [0.15, 0.2) is 4.52 Å². The van der Waals surface area contributed by atoms with Gasteiger partial charge in [0.05, 0.1) is 0 Å². The van der Waals surface area contributed by atoms with Crippen LogP contribution in [0.2, 0.25) is 0 Å². The molecule has 0 radical (unpaired) electrons. The van der Waals surface area contributed by atoms with Crippen molar-refractivity contribution in [2.75, 3.05) is 0 Å². The molecule has 2 rings (SSSR count). The van der Waals surface area contributed by atoms with Crippen LogP contribution < -0.4 is 5.73 Å². The summed E-state index contributed by atoms with van der Waals surface area (Å²) in [6.07, 6.45) is 9.63. The molecule has 1 saturated carbocycles. The monoisotopic (exact) mass is 293 g/mol. The van der Waals surface area contributed by atoms with Crippen molar-refractivity contribution in [2.24, 2.45) is 11.7 Å². The number of rotatable bonds is 7. The van der Waals surface area contributed by atoms with Crippen LogP contribution in [0.4, 0.5) is 0 Å². The highest BCUT2D eigenvalue weighted by molar-refractivity contribution is 5.00. The molecule has 1 aromatic rings. The summed E-state index contributed by atoms with van der Waals surface area (Å²) in [7, 11) is 0. The van der Waals surface area contributed by atoms with Gasteiger partial charge < -0.3 is 10.3 Å². The maximum absolute atomic E-state index is 5.79. The van der Waals surface area contributed by atoms with Gasteiger partial charge in [0, 0.05) is 17.9 Å². The minimum Gasteiger partial charge on any atom is -0.339 e. The Morgan fingerprint density at radius 3 is 2.52 bits per heavy atom. The van der Waals surface area contributed by atoms with Gasteiger partial charge in [-0.25, -0.2) is 0 Å². The van der Waals surface area contributed by atoms with E-state index >= 15 is 0 Å². The molecule has 1 aliphatic rings. The Kier molecular flexibility index (Phi) is 6.22. The first-order chi connectivity index (χ1) is 10.1. The van der Waals surface area contributed by atoms with Crippen LogP contribution >= 0.6 is 0 Å². The zero-order chi connectivity index (χ0) is 15.2. The summed E-state index contributed by atoms with van der Waals surface area (Å²) in [5, 5.41) is 4.24. The summed E-state index contributed by atoms with van der Waals surface area (Å²) in [6.45, 7) is 6.52. The predicted molar refractivity (Wildman–Crippen MR) is 85.2 cm³/mol. The second-order valence-electron chi connectivity index (χ2n) is 6.93. The minimum atomic E-state index is 0.282. The number of nitrogens with two attached hydrogens (primary N) is 1. The average Bonchev–Trinajstić information content (AvgIpc) is 2.97. The minimum absolute atomic E-state index is 0.282. The lowest BCUT2D eigenvalue weighted by molar-refractivity contribution is 0.301. The molecule has 0 saturated heterocycles. The third-order valence-electron chi connectivity index (χ3n) is 4.96. The van der Waals surface area contributed by atoms with E-state index in [-0.39, 0.29) is 6.04 Å². The summed E-state index contributed by atoms with van der Waals surface area (Å²) < 4.78 is 5.50. The molecule has 1 aromatic heterocycles. The molecular weight excluding hydrogens is 262 g/mol. The van der Waals surface area contributed by atoms with Crippen molar-refractivity contribution in [1.82, 2.24) is 10.1 Å². The van der Waals surface area contributed by atoms with Gasteiger partial charge in [0.15, 0.2) is 5.82 Å². The van der Waals surface area contributed by atoms with Crippen molar-refractivity contribution < 1.29 is 4.52 Å². The summed E-state index contributed by atoms with van der Waals surface area (Å²) in [5.74, 6) is 3.52. The van der Waals surface area contributed by atoms with Gasteiger partial charge in [-0.1, -0.05) is 31.8 Å². The van der Waals surface area contributed by atoms with Crippen LogP contribution in [-0.2, 0) is 0 Å². The Labute approximate surface area is 128 Å². The van der Waals surface area contributed by atoms with E-state index < -0.39 is 0 Å². The molecule has 0 aliphatic heterocycles. The second-order valence-corrected chi connectivity index (χ2v) is 6.93. The number of nitrogens with zero attached hydrogens (tertiary/aromatic N) is 2. The first-order valence-corrected chi connectivity index (χ1v) is 8.69. The zero-order valence-electron chi connectivity index (χ0n) is 13.8. The van der Waals surface area contributed by atoms with Crippen molar-refractivity contribution >= 4 is 0 Å². The molecule has 0 spiro atoms. The predicted octanol–water partition coefficient (Wildman–Crippen LogP) is 4.37. The molecule has 1 heterocycles. The van der Waals surface area contributed by atoms with E-state index in [2.05, 4.69) is 30.9 Å². The Bertz CT molecular complexity index is 408. The van der Waals surface area contributed by atoms with Crippen molar-refractivity contribution in [3.8, 4) is 0 Å². The van der Waals surface area contributed by atoms with E-state index in [1.165, 1.54) is 32.1 Å². The highest BCUT2D eigenvalue weighted by atomic mass is 16.5. The van der Waals surface area contributed by atoms with E-state index in [1.54, 1.807) is 0 Å². The lowest BCUT2D eigenvalue weighted by atomic mass is 9.80. The Morgan fingerprint density at radius 2 is 1.90 bits per heavy atom. The number of hydrogen-bond acceptors (Lipinski definition) is 4. The molecule has 2 atom stereocenters. The third kappa shape index (κ3) is 4.80. The number of hydrogen-bond donors (Lipinski definition) is 1. The molecule has 2 N–H and O–H groups in total. The van der Waals surface area contributed by atoms with Crippen LogP contribution in [0.5, 0.6) is 0 Å². The van der Waals surface area contributed by atoms with Gasteiger partial charge in [-0.15, -0.1) is 0 Å². The van der Waals surface area contributed by atoms with Gasteiger partial charge in [-0.05, 0) is 51.4 Å². The van der Waals surface area contributed by atoms with E-state index in [0.717, 1.165) is 36.9 Å². The summed E-state index contributed by atoms with van der Waals surface area (Å²) in [4.78, 5) is 4.67. The van der Waals surface area contributed by atoms with Crippen LogP contribution in [-0.4, -0.2) is 16.2 Å². The van der Waals surface area contributed by atoms with E-state index in [4.69, 9.17) is 10.3 Å². The lowest BCUT2D eigenvalue weighted by Crippen LogP contribution is -2.14. The summed E-state index contributed by atoms with van der Waals surface area (Å²) >= 11 is 0. The van der Waals surface area contributed by atoms with Gasteiger partial charge in [0.2, 0.25) is 5.89 Å². The molecule has 1 aliphatic carbocycles. The largest absolute Gasteiger partial charge is 0.339 e. The van der Waals surface area contributed by atoms with Gasteiger partial charge >= 0.3 is 0 Å². The van der Waals surface area contributed by atoms with E-state index in [1.807, 2.05) is 0 Å². The van der Waals surface area contributed by atoms with Crippen molar-refractivity contribution in [3.63, 3.8) is 0 Å². The molecule has 4 nitrogen and oxygen atoms in total. The Hall–Kier alpha value is -0.900. The van der Waals surface area contributed by atoms with Crippen LogP contribution in [0, 0.1) is 5.92 Å². The number of aromatic nitrogens is 2. The van der Waals surface area contributed by atoms with Crippen LogP contribution in [0.3, 0.4) is 0 Å². The molecule has 1 fully saturated rings. The fourth-order valence-electron chi connectivity index (χ4n) is 3.31. The first kappa shape index (κ1) is 16.5. The fraction of sp³-hybridized carbons (Fsp3) is 0.882. The highest BCUT2D eigenvalue weighted by Crippen LogP contribution is 2.36. The zero-order valence-corrected chi connectivity index (χ0v) is 13.8. The standard InChI is InChI=1S/C17H31N3O/c1-4-14-8-10-15(11-9-14)16-19-17(21-20-16)12(2)6-5-7-13(3)18/h12-15H,4-11,18H2,1-3H3. The van der Waals surface area contributed by atoms with Crippen molar-refractivity contribution in [3.05, 3.63) is 11.7 Å². The quantitative estimate of drug-likeness (QED) is 0.810. The first-order valence-electron chi connectivity index (χ1n) is 8.69. The molecule has 4 heteroatoms. The highest BCUT2D eigenvalue weighted by Gasteiger charge is 2.26. The second kappa shape index (κ2) is 7.92. The summed E-state index contributed by atoms with van der Waals surface area (Å²) in [5.41, 5.74) is 5.79. The topological polar surface area (TPSA) is 64.9 Å². The molecule has 0 bridgehead atoms. The van der Waals surface area contributed by atoms with Crippen LogP contribution in [0.25, 0.3) is 0 Å². The van der Waals surface area contributed by atoms with Gasteiger partial charge in [0.1, 0.15) is 0 Å². The van der Waals surface area contributed by atoms with E-state index in [9.17, 15) is 0 Å². The fourth-order valence-corrected chi connectivity index (χ4v) is 3.31. The molecule has 120 valence electrons. The maximum atomic E-state index is 5.79. The average molecular weight is 293 g/mol. The van der Waals surface area contributed by atoms with Crippen molar-refractivity contribution in [1.29, 1.82) is 0 Å². The lowest BCUT2D eigenvalue weighted by Gasteiger charge is -2.25. The third-order valence-corrected chi connectivity index (χ3v) is 4.96. The Morgan fingerprint density at radius 1 is 1.19 bits per heavy atom. The van der Waals surface area contributed by atoms with E-state index in [0.29, 0.717) is 11.8 Å². The summed E-state index contributed by atoms with van der Waals surface area (Å²) in [6, 6.07) is 0.282.